The number of nitrogens with zero attached hydrogens (tertiary/aromatic N) is 1. The SMILES string of the molecule is Clc1cc(Br)ccc1-c1csc(C2CCCN2)n1. The number of halogens is 2. The van der Waals surface area contributed by atoms with Crippen molar-refractivity contribution in [2.24, 2.45) is 0 Å². The van der Waals surface area contributed by atoms with Gasteiger partial charge >= 0.3 is 0 Å². The van der Waals surface area contributed by atoms with Crippen LogP contribution in [0.25, 0.3) is 11.3 Å². The van der Waals surface area contributed by atoms with Crippen LogP contribution in [0.1, 0.15) is 23.9 Å². The lowest BCUT2D eigenvalue weighted by molar-refractivity contribution is 0.643. The second-order valence-corrected chi connectivity index (χ2v) is 6.56. The molecule has 2 heterocycles. The molecule has 0 amide bonds. The predicted octanol–water partition coefficient (Wildman–Crippen LogP) is 4.65. The Bertz CT molecular complexity index is 564. The average Bonchev–Trinajstić information content (AvgIpc) is 2.99. The van der Waals surface area contributed by atoms with Crippen LogP contribution in [0.5, 0.6) is 0 Å². The highest BCUT2D eigenvalue weighted by Crippen LogP contribution is 2.34. The summed E-state index contributed by atoms with van der Waals surface area (Å²) in [5.74, 6) is 0. The zero-order valence-electron chi connectivity index (χ0n) is 9.62. The van der Waals surface area contributed by atoms with Crippen molar-refractivity contribution in [3.63, 3.8) is 0 Å². The summed E-state index contributed by atoms with van der Waals surface area (Å²) in [6, 6.07) is 6.34. The number of aromatic nitrogens is 1. The molecule has 2 aromatic rings. The standard InChI is InChI=1S/C13H12BrClN2S/c14-8-3-4-9(10(15)6-8)12-7-18-13(17-12)11-2-1-5-16-11/h3-4,6-7,11,16H,1-2,5H2. The third kappa shape index (κ3) is 2.48. The number of nitrogens with one attached hydrogen (secondary N) is 1. The highest BCUT2D eigenvalue weighted by atomic mass is 79.9. The molecule has 0 saturated carbocycles. The summed E-state index contributed by atoms with van der Waals surface area (Å²) >= 11 is 11.4. The van der Waals surface area contributed by atoms with Crippen LogP contribution in [-0.2, 0) is 0 Å². The Balaban J connectivity index is 1.92. The van der Waals surface area contributed by atoms with Crippen LogP contribution in [0, 0.1) is 0 Å². The molecule has 2 nitrogen and oxygen atoms in total. The first-order valence-electron chi connectivity index (χ1n) is 5.88. The molecule has 18 heavy (non-hydrogen) atoms. The van der Waals surface area contributed by atoms with Crippen LogP contribution in [0.3, 0.4) is 0 Å². The Kier molecular flexibility index (Phi) is 3.71. The molecule has 1 aromatic heterocycles. The van der Waals surface area contributed by atoms with Gasteiger partial charge in [0.05, 0.1) is 16.8 Å². The van der Waals surface area contributed by atoms with Gasteiger partial charge in [0.15, 0.2) is 0 Å². The van der Waals surface area contributed by atoms with Crippen molar-refractivity contribution in [1.29, 1.82) is 0 Å². The minimum absolute atomic E-state index is 0.429. The number of rotatable bonds is 2. The first-order valence-corrected chi connectivity index (χ1v) is 7.93. The van der Waals surface area contributed by atoms with Crippen molar-refractivity contribution in [2.75, 3.05) is 6.54 Å². The van der Waals surface area contributed by atoms with Gasteiger partial charge in [0.25, 0.3) is 0 Å². The van der Waals surface area contributed by atoms with Gasteiger partial charge in [0, 0.05) is 15.4 Å². The summed E-state index contributed by atoms with van der Waals surface area (Å²) in [6.45, 7) is 1.10. The van der Waals surface area contributed by atoms with Crippen molar-refractivity contribution >= 4 is 38.9 Å². The Morgan fingerprint density at radius 2 is 2.33 bits per heavy atom. The number of benzene rings is 1. The zero-order chi connectivity index (χ0) is 12.5. The second-order valence-electron chi connectivity index (χ2n) is 4.34. The molecule has 5 heteroatoms. The summed E-state index contributed by atoms with van der Waals surface area (Å²) in [5.41, 5.74) is 1.97. The van der Waals surface area contributed by atoms with E-state index < -0.39 is 0 Å². The molecule has 1 N–H and O–H groups in total. The molecule has 0 radical (unpaired) electrons. The van der Waals surface area contributed by atoms with Crippen molar-refractivity contribution in [3.8, 4) is 11.3 Å². The lowest BCUT2D eigenvalue weighted by Gasteiger charge is -2.05. The molecule has 0 spiro atoms. The molecule has 0 aliphatic carbocycles. The fraction of sp³-hybridized carbons (Fsp3) is 0.308. The van der Waals surface area contributed by atoms with E-state index in [0.29, 0.717) is 6.04 Å². The van der Waals surface area contributed by atoms with Crippen LogP contribution in [0.15, 0.2) is 28.1 Å². The maximum atomic E-state index is 6.25. The number of hydrogen-bond acceptors (Lipinski definition) is 3. The van der Waals surface area contributed by atoms with Crippen LogP contribution in [0.4, 0.5) is 0 Å². The van der Waals surface area contributed by atoms with E-state index in [1.807, 2.05) is 18.2 Å². The van der Waals surface area contributed by atoms with Gasteiger partial charge in [-0.3, -0.25) is 0 Å². The molecule has 1 unspecified atom stereocenters. The molecule has 0 bridgehead atoms. The summed E-state index contributed by atoms with van der Waals surface area (Å²) in [5, 5.41) is 7.46. The van der Waals surface area contributed by atoms with Crippen LogP contribution in [-0.4, -0.2) is 11.5 Å². The molecule has 1 aliphatic heterocycles. The van der Waals surface area contributed by atoms with Crippen molar-refractivity contribution in [3.05, 3.63) is 38.1 Å². The van der Waals surface area contributed by atoms with E-state index in [1.54, 1.807) is 11.3 Å². The van der Waals surface area contributed by atoms with Gasteiger partial charge in [0.1, 0.15) is 5.01 Å². The molecule has 1 aliphatic rings. The van der Waals surface area contributed by atoms with Crippen LogP contribution >= 0.6 is 38.9 Å². The topological polar surface area (TPSA) is 24.9 Å². The van der Waals surface area contributed by atoms with Gasteiger partial charge in [-0.2, -0.15) is 0 Å². The largest absolute Gasteiger partial charge is 0.308 e. The summed E-state index contributed by atoms with van der Waals surface area (Å²) < 4.78 is 0.990. The normalized spacial score (nSPS) is 19.3. The van der Waals surface area contributed by atoms with E-state index in [-0.39, 0.29) is 0 Å². The molecule has 1 saturated heterocycles. The van der Waals surface area contributed by atoms with Crippen LogP contribution in [0.2, 0.25) is 5.02 Å². The molecular formula is C13H12BrClN2S. The smallest absolute Gasteiger partial charge is 0.110 e. The van der Waals surface area contributed by atoms with Gasteiger partial charge in [-0.05, 0) is 31.5 Å². The van der Waals surface area contributed by atoms with E-state index in [4.69, 9.17) is 16.6 Å². The molecule has 1 fully saturated rings. The third-order valence-corrected chi connectivity index (χ3v) is 4.85. The first kappa shape index (κ1) is 12.6. The summed E-state index contributed by atoms with van der Waals surface area (Å²) in [7, 11) is 0. The highest BCUT2D eigenvalue weighted by molar-refractivity contribution is 9.10. The van der Waals surface area contributed by atoms with Crippen molar-refractivity contribution < 1.29 is 0 Å². The zero-order valence-corrected chi connectivity index (χ0v) is 12.8. The van der Waals surface area contributed by atoms with Crippen LogP contribution < -0.4 is 5.32 Å². The van der Waals surface area contributed by atoms with Gasteiger partial charge in [-0.1, -0.05) is 33.6 Å². The molecule has 3 rings (SSSR count). The van der Waals surface area contributed by atoms with E-state index >= 15 is 0 Å². The Labute approximate surface area is 124 Å². The van der Waals surface area contributed by atoms with Gasteiger partial charge < -0.3 is 5.32 Å². The lowest BCUT2D eigenvalue weighted by Crippen LogP contribution is -2.12. The van der Waals surface area contributed by atoms with Gasteiger partial charge in [0.2, 0.25) is 0 Å². The number of thiazole rings is 1. The minimum atomic E-state index is 0.429. The fourth-order valence-electron chi connectivity index (χ4n) is 2.16. The summed E-state index contributed by atoms with van der Waals surface area (Å²) in [6.07, 6.45) is 2.42. The Hall–Kier alpha value is -0.420. The average molecular weight is 344 g/mol. The minimum Gasteiger partial charge on any atom is -0.308 e. The fourth-order valence-corrected chi connectivity index (χ4v) is 3.86. The molecule has 1 atom stereocenters. The van der Waals surface area contributed by atoms with Gasteiger partial charge in [-0.25, -0.2) is 4.98 Å². The summed E-state index contributed by atoms with van der Waals surface area (Å²) in [4.78, 5) is 4.71. The Morgan fingerprint density at radius 3 is 3.06 bits per heavy atom. The maximum Gasteiger partial charge on any atom is 0.110 e. The quantitative estimate of drug-likeness (QED) is 0.858. The van der Waals surface area contributed by atoms with Crippen molar-refractivity contribution in [1.82, 2.24) is 10.3 Å². The van der Waals surface area contributed by atoms with Gasteiger partial charge in [-0.15, -0.1) is 11.3 Å². The maximum absolute atomic E-state index is 6.25. The third-order valence-electron chi connectivity index (χ3n) is 3.09. The van der Waals surface area contributed by atoms with E-state index in [1.165, 1.54) is 17.8 Å². The molecule has 94 valence electrons. The van der Waals surface area contributed by atoms with E-state index in [9.17, 15) is 0 Å². The number of hydrogen-bond donors (Lipinski definition) is 1. The van der Waals surface area contributed by atoms with Crippen molar-refractivity contribution in [2.45, 2.75) is 18.9 Å². The van der Waals surface area contributed by atoms with E-state index in [2.05, 4.69) is 26.6 Å². The second kappa shape index (κ2) is 5.29. The highest BCUT2D eigenvalue weighted by Gasteiger charge is 2.20. The molecular weight excluding hydrogens is 332 g/mol. The lowest BCUT2D eigenvalue weighted by atomic mass is 10.2. The Morgan fingerprint density at radius 1 is 1.44 bits per heavy atom. The molecule has 1 aromatic carbocycles. The monoisotopic (exact) mass is 342 g/mol. The predicted molar refractivity (Wildman–Crippen MR) is 80.2 cm³/mol. The van der Waals surface area contributed by atoms with E-state index in [0.717, 1.165) is 27.3 Å². The first-order chi connectivity index (χ1) is 8.74.